The Morgan fingerprint density at radius 2 is 1.92 bits per heavy atom. The molecule has 0 radical (unpaired) electrons. The number of rotatable bonds is 6. The molecule has 0 bridgehead atoms. The van der Waals surface area contributed by atoms with Gasteiger partial charge in [0.15, 0.2) is 0 Å². The summed E-state index contributed by atoms with van der Waals surface area (Å²) in [6, 6.07) is 17.3. The van der Waals surface area contributed by atoms with Crippen LogP contribution < -0.4 is 4.74 Å². The Balaban J connectivity index is 1.82. The highest BCUT2D eigenvalue weighted by atomic mass is 35.5. The van der Waals surface area contributed by atoms with Gasteiger partial charge in [-0.05, 0) is 35.9 Å². The van der Waals surface area contributed by atoms with E-state index in [1.54, 1.807) is 6.08 Å². The van der Waals surface area contributed by atoms with Crippen molar-refractivity contribution in [2.24, 2.45) is 0 Å². The highest BCUT2D eigenvalue weighted by Crippen LogP contribution is 2.28. The van der Waals surface area contributed by atoms with Gasteiger partial charge >= 0.3 is 0 Å². The molecule has 0 aliphatic carbocycles. The van der Waals surface area contributed by atoms with Crippen LogP contribution in [0.25, 0.3) is 22.9 Å². The van der Waals surface area contributed by atoms with Crippen LogP contribution in [0.15, 0.2) is 66.6 Å². The number of hydrogen-bond acceptors (Lipinski definition) is 4. The summed E-state index contributed by atoms with van der Waals surface area (Å²) in [5, 5.41) is 12.8. The van der Waals surface area contributed by atoms with Crippen molar-refractivity contribution in [3.8, 4) is 23.1 Å². The number of benzene rings is 2. The van der Waals surface area contributed by atoms with Gasteiger partial charge in [0.2, 0.25) is 0 Å². The first kappa shape index (κ1) is 17.9. The smallest absolute Gasteiger partial charge is 0.134 e. The minimum atomic E-state index is 0.464. The predicted molar refractivity (Wildman–Crippen MR) is 108 cm³/mol. The summed E-state index contributed by atoms with van der Waals surface area (Å²) in [4.78, 5) is 4.58. The van der Waals surface area contributed by atoms with E-state index in [2.05, 4.69) is 17.6 Å². The van der Waals surface area contributed by atoms with E-state index in [0.717, 1.165) is 22.6 Å². The molecule has 3 aromatic rings. The number of ether oxygens (including phenoxy) is 1. The minimum Gasteiger partial charge on any atom is -0.490 e. The molecular formula is C21H15ClN2OS. The van der Waals surface area contributed by atoms with Crippen molar-refractivity contribution in [3.63, 3.8) is 0 Å². The molecule has 0 aliphatic rings. The van der Waals surface area contributed by atoms with Gasteiger partial charge in [0.25, 0.3) is 0 Å². The van der Waals surface area contributed by atoms with Crippen molar-refractivity contribution in [1.29, 1.82) is 5.26 Å². The second kappa shape index (κ2) is 8.48. The lowest BCUT2D eigenvalue weighted by atomic mass is 10.1. The normalized spacial score (nSPS) is 11.0. The number of nitrogens with zero attached hydrogens (tertiary/aromatic N) is 2. The number of allylic oxidation sites excluding steroid dienone is 1. The van der Waals surface area contributed by atoms with E-state index in [1.807, 2.05) is 60.0 Å². The largest absolute Gasteiger partial charge is 0.490 e. The van der Waals surface area contributed by atoms with Gasteiger partial charge in [0, 0.05) is 16.0 Å². The van der Waals surface area contributed by atoms with Crippen LogP contribution in [0, 0.1) is 11.3 Å². The fourth-order valence-electron chi connectivity index (χ4n) is 2.27. The maximum atomic E-state index is 9.52. The van der Waals surface area contributed by atoms with Gasteiger partial charge in [-0.15, -0.1) is 11.3 Å². The van der Waals surface area contributed by atoms with Crippen LogP contribution in [-0.2, 0) is 0 Å². The van der Waals surface area contributed by atoms with Gasteiger partial charge in [0.05, 0.1) is 11.3 Å². The van der Waals surface area contributed by atoms with Crippen LogP contribution in [0.4, 0.5) is 0 Å². The lowest BCUT2D eigenvalue weighted by Gasteiger charge is -2.03. The quantitative estimate of drug-likeness (QED) is 0.385. The summed E-state index contributed by atoms with van der Waals surface area (Å²) in [7, 11) is 0. The maximum absolute atomic E-state index is 9.52. The molecule has 5 heteroatoms. The molecule has 0 N–H and O–H groups in total. The van der Waals surface area contributed by atoms with Crippen LogP contribution >= 0.6 is 22.9 Å². The molecule has 2 aromatic carbocycles. The third-order valence-corrected chi connectivity index (χ3v) is 4.68. The zero-order chi connectivity index (χ0) is 18.4. The average Bonchev–Trinajstić information content (AvgIpc) is 3.16. The van der Waals surface area contributed by atoms with E-state index in [9.17, 15) is 5.26 Å². The van der Waals surface area contributed by atoms with Crippen molar-refractivity contribution in [2.45, 2.75) is 0 Å². The van der Waals surface area contributed by atoms with Crippen molar-refractivity contribution < 1.29 is 4.74 Å². The molecule has 0 saturated heterocycles. The first-order valence-corrected chi connectivity index (χ1v) is 9.13. The first-order valence-electron chi connectivity index (χ1n) is 7.87. The molecule has 3 rings (SSSR count). The van der Waals surface area contributed by atoms with Crippen LogP contribution in [0.5, 0.6) is 5.75 Å². The van der Waals surface area contributed by atoms with Gasteiger partial charge in [-0.2, -0.15) is 5.26 Å². The van der Waals surface area contributed by atoms with Gasteiger partial charge in [0.1, 0.15) is 23.4 Å². The van der Waals surface area contributed by atoms with E-state index >= 15 is 0 Å². The minimum absolute atomic E-state index is 0.464. The molecule has 0 amide bonds. The highest BCUT2D eigenvalue weighted by Gasteiger charge is 2.09. The van der Waals surface area contributed by atoms with Gasteiger partial charge in [-0.1, -0.05) is 48.5 Å². The summed E-state index contributed by atoms with van der Waals surface area (Å²) in [6.07, 6.45) is 3.52. The summed E-state index contributed by atoms with van der Waals surface area (Å²) < 4.78 is 5.46. The number of thiazole rings is 1. The van der Waals surface area contributed by atoms with Crippen molar-refractivity contribution in [1.82, 2.24) is 4.98 Å². The predicted octanol–water partition coefficient (Wildman–Crippen LogP) is 6.09. The van der Waals surface area contributed by atoms with E-state index < -0.39 is 0 Å². The molecule has 1 heterocycles. The molecule has 0 fully saturated rings. The number of nitriles is 1. The topological polar surface area (TPSA) is 45.9 Å². The Morgan fingerprint density at radius 1 is 1.19 bits per heavy atom. The molecular weight excluding hydrogens is 364 g/mol. The standard InChI is InChI=1S/C21H15ClN2OS/c1-2-11-25-19-9-3-15(4-10-19)12-17(13-23)21-24-20(14-26-21)16-5-7-18(22)8-6-16/h2-10,12,14H,1,11H2/b17-12-. The maximum Gasteiger partial charge on any atom is 0.134 e. The van der Waals surface area contributed by atoms with E-state index in [1.165, 1.54) is 11.3 Å². The van der Waals surface area contributed by atoms with E-state index in [4.69, 9.17) is 16.3 Å². The molecule has 0 unspecified atom stereocenters. The van der Waals surface area contributed by atoms with Crippen molar-refractivity contribution >= 4 is 34.6 Å². The lowest BCUT2D eigenvalue weighted by molar-refractivity contribution is 0.363. The molecule has 0 atom stereocenters. The number of halogens is 1. The number of aromatic nitrogens is 1. The van der Waals surface area contributed by atoms with Crippen LogP contribution in [0.2, 0.25) is 5.02 Å². The van der Waals surface area contributed by atoms with Gasteiger partial charge in [-0.25, -0.2) is 4.98 Å². The Morgan fingerprint density at radius 3 is 2.58 bits per heavy atom. The molecule has 3 nitrogen and oxygen atoms in total. The fraction of sp³-hybridized carbons (Fsp3) is 0.0476. The first-order chi connectivity index (χ1) is 12.7. The average molecular weight is 379 g/mol. The summed E-state index contributed by atoms with van der Waals surface area (Å²) in [5.41, 5.74) is 3.24. The van der Waals surface area contributed by atoms with Crippen LogP contribution in [-0.4, -0.2) is 11.6 Å². The third kappa shape index (κ3) is 4.40. The summed E-state index contributed by atoms with van der Waals surface area (Å²) in [5.74, 6) is 0.764. The summed E-state index contributed by atoms with van der Waals surface area (Å²) in [6.45, 7) is 4.09. The molecule has 0 spiro atoms. The molecule has 0 saturated carbocycles. The van der Waals surface area contributed by atoms with Crippen LogP contribution in [0.1, 0.15) is 10.6 Å². The zero-order valence-corrected chi connectivity index (χ0v) is 15.4. The molecule has 26 heavy (non-hydrogen) atoms. The second-order valence-electron chi connectivity index (χ2n) is 5.38. The highest BCUT2D eigenvalue weighted by molar-refractivity contribution is 7.11. The fourth-order valence-corrected chi connectivity index (χ4v) is 3.20. The molecule has 1 aromatic heterocycles. The lowest BCUT2D eigenvalue weighted by Crippen LogP contribution is -1.92. The van der Waals surface area contributed by atoms with Crippen molar-refractivity contribution in [3.05, 3.63) is 82.2 Å². The van der Waals surface area contributed by atoms with Gasteiger partial charge in [-0.3, -0.25) is 0 Å². The SMILES string of the molecule is C=CCOc1ccc(/C=C(/C#N)c2nc(-c3ccc(Cl)cc3)cs2)cc1. The Labute approximate surface area is 161 Å². The van der Waals surface area contributed by atoms with E-state index in [0.29, 0.717) is 22.2 Å². The second-order valence-corrected chi connectivity index (χ2v) is 6.68. The van der Waals surface area contributed by atoms with Crippen molar-refractivity contribution in [2.75, 3.05) is 6.61 Å². The van der Waals surface area contributed by atoms with Gasteiger partial charge < -0.3 is 4.74 Å². The van der Waals surface area contributed by atoms with Crippen LogP contribution in [0.3, 0.4) is 0 Å². The Bertz CT molecular complexity index is 966. The molecule has 128 valence electrons. The third-order valence-electron chi connectivity index (χ3n) is 3.55. The number of hydrogen-bond donors (Lipinski definition) is 0. The van der Waals surface area contributed by atoms with E-state index in [-0.39, 0.29) is 0 Å². The Hall–Kier alpha value is -2.87. The monoisotopic (exact) mass is 378 g/mol. The Kier molecular flexibility index (Phi) is 5.85. The summed E-state index contributed by atoms with van der Waals surface area (Å²) >= 11 is 7.37. The zero-order valence-electron chi connectivity index (χ0n) is 13.9. The molecule has 0 aliphatic heterocycles.